The Balaban J connectivity index is 2.79. The zero-order valence-corrected chi connectivity index (χ0v) is 11.5. The molecule has 2 rings (SSSR count). The molecule has 18 heavy (non-hydrogen) atoms. The van der Waals surface area contributed by atoms with Crippen molar-refractivity contribution in [2.24, 2.45) is 7.05 Å². The van der Waals surface area contributed by atoms with E-state index in [1.165, 1.54) is 0 Å². The molecule has 1 aromatic carbocycles. The minimum Gasteiger partial charge on any atom is -0.496 e. The fraction of sp³-hybridized carbons (Fsp3) is 0.364. The van der Waals surface area contributed by atoms with Crippen molar-refractivity contribution in [3.8, 4) is 5.75 Å². The van der Waals surface area contributed by atoms with Gasteiger partial charge in [-0.2, -0.15) is 5.10 Å². The Kier molecular flexibility index (Phi) is 2.94. The van der Waals surface area contributed by atoms with Gasteiger partial charge in [0.25, 0.3) is 0 Å². The number of methoxy groups -OCH3 is 1. The van der Waals surface area contributed by atoms with Crippen LogP contribution in [0.1, 0.15) is 5.56 Å². The number of sulfonamides is 1. The van der Waals surface area contributed by atoms with Gasteiger partial charge in [-0.15, -0.1) is 0 Å². The third kappa shape index (κ3) is 2.13. The van der Waals surface area contributed by atoms with E-state index in [1.807, 2.05) is 13.0 Å². The lowest BCUT2D eigenvalue weighted by Gasteiger charge is -2.06. The maximum absolute atomic E-state index is 11.3. The number of benzene rings is 1. The van der Waals surface area contributed by atoms with Crippen molar-refractivity contribution >= 4 is 26.7 Å². The Hall–Kier alpha value is -1.76. The van der Waals surface area contributed by atoms with Gasteiger partial charge in [0, 0.05) is 7.05 Å². The molecule has 7 heteroatoms. The van der Waals surface area contributed by atoms with E-state index in [0.29, 0.717) is 11.1 Å². The lowest BCUT2D eigenvalue weighted by Crippen LogP contribution is -2.10. The van der Waals surface area contributed by atoms with Crippen LogP contribution in [-0.2, 0) is 17.1 Å². The highest BCUT2D eigenvalue weighted by Crippen LogP contribution is 2.34. The van der Waals surface area contributed by atoms with E-state index >= 15 is 0 Å². The zero-order valence-electron chi connectivity index (χ0n) is 10.7. The predicted molar refractivity (Wildman–Crippen MR) is 70.5 cm³/mol. The van der Waals surface area contributed by atoms with Crippen molar-refractivity contribution in [1.82, 2.24) is 9.78 Å². The largest absolute Gasteiger partial charge is 0.496 e. The highest BCUT2D eigenvalue weighted by Gasteiger charge is 2.17. The fourth-order valence-electron chi connectivity index (χ4n) is 1.99. The summed E-state index contributed by atoms with van der Waals surface area (Å²) >= 11 is 0. The second kappa shape index (κ2) is 4.16. The summed E-state index contributed by atoms with van der Waals surface area (Å²) in [6.45, 7) is 1.94. The van der Waals surface area contributed by atoms with Crippen molar-refractivity contribution in [1.29, 1.82) is 0 Å². The van der Waals surface area contributed by atoms with Gasteiger partial charge in [-0.1, -0.05) is 6.07 Å². The summed E-state index contributed by atoms with van der Waals surface area (Å²) in [7, 11) is -0.0654. The van der Waals surface area contributed by atoms with Crippen LogP contribution in [0.5, 0.6) is 5.75 Å². The first-order valence-corrected chi connectivity index (χ1v) is 7.20. The van der Waals surface area contributed by atoms with Crippen LogP contribution >= 0.6 is 0 Å². The van der Waals surface area contributed by atoms with Crippen LogP contribution < -0.4 is 9.46 Å². The second-order valence-corrected chi connectivity index (χ2v) is 5.90. The molecular weight excluding hydrogens is 254 g/mol. The van der Waals surface area contributed by atoms with E-state index in [1.54, 1.807) is 24.9 Å². The van der Waals surface area contributed by atoms with Gasteiger partial charge in [-0.25, -0.2) is 8.42 Å². The predicted octanol–water partition coefficient (Wildman–Crippen LogP) is 1.26. The Labute approximate surface area is 106 Å². The Morgan fingerprint density at radius 1 is 1.39 bits per heavy atom. The molecule has 0 aliphatic carbocycles. The van der Waals surface area contributed by atoms with Gasteiger partial charge in [-0.05, 0) is 18.6 Å². The third-order valence-corrected chi connectivity index (χ3v) is 3.22. The number of hydrogen-bond donors (Lipinski definition) is 1. The molecule has 0 atom stereocenters. The second-order valence-electron chi connectivity index (χ2n) is 4.15. The number of hydrogen-bond acceptors (Lipinski definition) is 4. The molecule has 0 bridgehead atoms. The molecule has 2 aromatic rings. The van der Waals surface area contributed by atoms with E-state index < -0.39 is 10.0 Å². The van der Waals surface area contributed by atoms with E-state index in [2.05, 4.69) is 9.82 Å². The highest BCUT2D eigenvalue weighted by atomic mass is 32.2. The summed E-state index contributed by atoms with van der Waals surface area (Å²) in [5.41, 5.74) is 1.85. The van der Waals surface area contributed by atoms with Gasteiger partial charge in [0.15, 0.2) is 5.82 Å². The number of fused-ring (bicyclic) bond motifs is 1. The Morgan fingerprint density at radius 2 is 2.06 bits per heavy atom. The van der Waals surface area contributed by atoms with Crippen LogP contribution in [-0.4, -0.2) is 31.6 Å². The summed E-state index contributed by atoms with van der Waals surface area (Å²) in [4.78, 5) is 0. The first-order valence-electron chi connectivity index (χ1n) is 5.31. The Morgan fingerprint density at radius 3 is 2.61 bits per heavy atom. The topological polar surface area (TPSA) is 73.2 Å². The molecule has 98 valence electrons. The van der Waals surface area contributed by atoms with Crippen LogP contribution in [0.2, 0.25) is 0 Å². The van der Waals surface area contributed by atoms with Crippen LogP contribution in [0.3, 0.4) is 0 Å². The molecule has 0 spiro atoms. The molecule has 0 aliphatic heterocycles. The summed E-state index contributed by atoms with van der Waals surface area (Å²) in [5, 5.41) is 4.86. The number of nitrogens with one attached hydrogen (secondary N) is 1. The maximum atomic E-state index is 11.3. The highest BCUT2D eigenvalue weighted by molar-refractivity contribution is 7.92. The van der Waals surface area contributed by atoms with Crippen molar-refractivity contribution < 1.29 is 13.2 Å². The molecule has 0 unspecified atom stereocenters. The average Bonchev–Trinajstić information content (AvgIpc) is 2.55. The smallest absolute Gasteiger partial charge is 0.231 e. The number of anilines is 1. The van der Waals surface area contributed by atoms with Crippen LogP contribution in [0.15, 0.2) is 12.1 Å². The van der Waals surface area contributed by atoms with Crippen LogP contribution in [0, 0.1) is 6.92 Å². The first kappa shape index (κ1) is 12.7. The Bertz CT molecular complexity index is 704. The van der Waals surface area contributed by atoms with Gasteiger partial charge in [-0.3, -0.25) is 9.40 Å². The summed E-state index contributed by atoms with van der Waals surface area (Å²) in [6, 6.07) is 3.71. The molecule has 0 saturated carbocycles. The summed E-state index contributed by atoms with van der Waals surface area (Å²) in [6.07, 6.45) is 1.09. The minimum atomic E-state index is -3.37. The molecule has 1 aromatic heterocycles. The van der Waals surface area contributed by atoms with Crippen LogP contribution in [0.25, 0.3) is 10.9 Å². The van der Waals surface area contributed by atoms with Crippen molar-refractivity contribution in [3.63, 3.8) is 0 Å². The van der Waals surface area contributed by atoms with E-state index in [0.717, 1.165) is 17.3 Å². The van der Waals surface area contributed by atoms with Gasteiger partial charge in [0.2, 0.25) is 10.0 Å². The van der Waals surface area contributed by atoms with Gasteiger partial charge in [0.1, 0.15) is 5.75 Å². The number of nitrogens with zero attached hydrogens (tertiary/aromatic N) is 2. The monoisotopic (exact) mass is 269 g/mol. The fourth-order valence-corrected chi connectivity index (χ4v) is 2.48. The molecule has 0 saturated heterocycles. The summed E-state index contributed by atoms with van der Waals surface area (Å²) < 4.78 is 32.0. The van der Waals surface area contributed by atoms with Crippen molar-refractivity contribution in [2.45, 2.75) is 6.92 Å². The van der Waals surface area contributed by atoms with E-state index in [4.69, 9.17) is 4.74 Å². The maximum Gasteiger partial charge on any atom is 0.231 e. The first-order chi connectivity index (χ1) is 8.33. The molecule has 0 fully saturated rings. The van der Waals surface area contributed by atoms with Crippen LogP contribution in [0.4, 0.5) is 5.82 Å². The SMILES string of the molecule is COc1ccc(C)c2c1c(NS(C)(=O)=O)nn2C. The minimum absolute atomic E-state index is 0.288. The summed E-state index contributed by atoms with van der Waals surface area (Å²) in [5.74, 6) is 0.880. The molecule has 0 radical (unpaired) electrons. The van der Waals surface area contributed by atoms with Gasteiger partial charge < -0.3 is 4.74 Å². The average molecular weight is 269 g/mol. The molecule has 6 nitrogen and oxygen atoms in total. The number of rotatable bonds is 3. The van der Waals surface area contributed by atoms with E-state index in [-0.39, 0.29) is 5.82 Å². The standard InChI is InChI=1S/C11H15N3O3S/c1-7-5-6-8(17-3)9-10(7)14(2)12-11(9)13-18(4,15)16/h5-6H,1-4H3,(H,12,13). The molecule has 1 heterocycles. The van der Waals surface area contributed by atoms with Crippen molar-refractivity contribution in [2.75, 3.05) is 18.1 Å². The zero-order chi connectivity index (χ0) is 13.5. The quantitative estimate of drug-likeness (QED) is 0.910. The van der Waals surface area contributed by atoms with Gasteiger partial charge in [0.05, 0.1) is 24.3 Å². The third-order valence-electron chi connectivity index (χ3n) is 2.65. The number of aromatic nitrogens is 2. The number of ether oxygens (including phenoxy) is 1. The lowest BCUT2D eigenvalue weighted by atomic mass is 10.1. The molecule has 1 N–H and O–H groups in total. The van der Waals surface area contributed by atoms with Gasteiger partial charge >= 0.3 is 0 Å². The molecular formula is C11H15N3O3S. The molecule has 0 amide bonds. The molecule has 0 aliphatic rings. The normalized spacial score (nSPS) is 11.8. The number of aryl methyl sites for hydroxylation is 2. The lowest BCUT2D eigenvalue weighted by molar-refractivity contribution is 0.420. The van der Waals surface area contributed by atoms with E-state index in [9.17, 15) is 8.42 Å². The van der Waals surface area contributed by atoms with Crippen molar-refractivity contribution in [3.05, 3.63) is 17.7 Å².